The topological polar surface area (TPSA) is 78.1 Å². The predicted molar refractivity (Wildman–Crippen MR) is 100 cm³/mol. The lowest BCUT2D eigenvalue weighted by Gasteiger charge is -2.26. The van der Waals surface area contributed by atoms with E-state index in [4.69, 9.17) is 0 Å². The second kappa shape index (κ2) is 6.96. The summed E-state index contributed by atoms with van der Waals surface area (Å²) in [5, 5.41) is 10.3. The Kier molecular flexibility index (Phi) is 4.49. The molecule has 3 aromatic rings. The van der Waals surface area contributed by atoms with Gasteiger partial charge in [0, 0.05) is 36.3 Å². The molecule has 6 nitrogen and oxygen atoms in total. The van der Waals surface area contributed by atoms with Crippen molar-refractivity contribution in [2.24, 2.45) is 0 Å². The summed E-state index contributed by atoms with van der Waals surface area (Å²) in [6.45, 7) is 2.98. The number of aromatic amines is 1. The molecule has 27 heavy (non-hydrogen) atoms. The van der Waals surface area contributed by atoms with Gasteiger partial charge in [-0.3, -0.25) is 14.7 Å². The third-order valence-corrected chi connectivity index (χ3v) is 5.66. The van der Waals surface area contributed by atoms with Gasteiger partial charge >= 0.3 is 0 Å². The molecule has 0 spiro atoms. The van der Waals surface area contributed by atoms with Gasteiger partial charge in [0.2, 0.25) is 0 Å². The maximum absolute atomic E-state index is 13.3. The average Bonchev–Trinajstić information content (AvgIpc) is 3.26. The number of halogens is 1. The van der Waals surface area contributed by atoms with Gasteiger partial charge in [0.25, 0.3) is 11.8 Å². The van der Waals surface area contributed by atoms with Gasteiger partial charge in [-0.05, 0) is 36.8 Å². The number of thiophene rings is 1. The molecule has 0 atom stereocenters. The lowest BCUT2D eigenvalue weighted by atomic mass is 10.1. The number of aromatic nitrogens is 2. The zero-order valence-corrected chi connectivity index (χ0v) is 15.4. The molecule has 2 N–H and O–H groups in total. The molecular weight excluding hydrogens is 367 g/mol. The van der Waals surface area contributed by atoms with E-state index in [1.54, 1.807) is 23.2 Å². The first-order chi connectivity index (χ1) is 13.0. The van der Waals surface area contributed by atoms with E-state index in [0.29, 0.717) is 23.0 Å². The number of carbonyl (C=O) groups excluding carboxylic acids is 2. The van der Waals surface area contributed by atoms with Crippen LogP contribution in [-0.2, 0) is 13.0 Å². The number of H-pyrrole nitrogens is 1. The zero-order valence-electron chi connectivity index (χ0n) is 14.6. The molecule has 0 aliphatic carbocycles. The molecule has 0 radical (unpaired) electrons. The Bertz CT molecular complexity index is 1030. The minimum absolute atomic E-state index is 0.0596. The SMILES string of the molecule is Cc1cc(NC(=O)c2cccc(F)c2)sc1C(=O)N1CCc2[nH]ncc2C1. The Morgan fingerprint density at radius 3 is 3.00 bits per heavy atom. The van der Waals surface area contributed by atoms with Gasteiger partial charge in [0.05, 0.1) is 16.1 Å². The number of hydrogen-bond donors (Lipinski definition) is 2. The van der Waals surface area contributed by atoms with E-state index in [2.05, 4.69) is 15.5 Å². The van der Waals surface area contributed by atoms with Crippen LogP contribution in [0.1, 0.15) is 36.9 Å². The number of aryl methyl sites for hydroxylation is 1. The van der Waals surface area contributed by atoms with Gasteiger partial charge in [-0.15, -0.1) is 11.3 Å². The number of benzene rings is 1. The molecule has 0 fully saturated rings. The van der Waals surface area contributed by atoms with Crippen LogP contribution in [0.5, 0.6) is 0 Å². The Hall–Kier alpha value is -3.00. The first kappa shape index (κ1) is 17.4. The maximum Gasteiger partial charge on any atom is 0.264 e. The van der Waals surface area contributed by atoms with Gasteiger partial charge in [0.1, 0.15) is 5.82 Å². The van der Waals surface area contributed by atoms with Crippen molar-refractivity contribution in [2.45, 2.75) is 19.9 Å². The lowest BCUT2D eigenvalue weighted by molar-refractivity contribution is 0.0738. The monoisotopic (exact) mass is 384 g/mol. The normalized spacial score (nSPS) is 13.3. The van der Waals surface area contributed by atoms with Crippen molar-refractivity contribution in [3.05, 3.63) is 69.6 Å². The van der Waals surface area contributed by atoms with Crippen molar-refractivity contribution in [2.75, 3.05) is 11.9 Å². The molecule has 1 aliphatic rings. The summed E-state index contributed by atoms with van der Waals surface area (Å²) in [6.07, 6.45) is 2.50. The highest BCUT2D eigenvalue weighted by Gasteiger charge is 2.25. The van der Waals surface area contributed by atoms with Gasteiger partial charge in [-0.2, -0.15) is 5.10 Å². The number of amides is 2. The van der Waals surface area contributed by atoms with E-state index in [9.17, 15) is 14.0 Å². The van der Waals surface area contributed by atoms with Crippen molar-refractivity contribution in [1.29, 1.82) is 0 Å². The van der Waals surface area contributed by atoms with Crippen LogP contribution in [0.25, 0.3) is 0 Å². The van der Waals surface area contributed by atoms with Crippen molar-refractivity contribution in [3.63, 3.8) is 0 Å². The molecule has 2 aromatic heterocycles. The molecule has 0 unspecified atom stereocenters. The van der Waals surface area contributed by atoms with Crippen LogP contribution in [0.2, 0.25) is 0 Å². The Morgan fingerprint density at radius 2 is 2.19 bits per heavy atom. The van der Waals surface area contributed by atoms with Crippen LogP contribution in [0.4, 0.5) is 9.39 Å². The fraction of sp³-hybridized carbons (Fsp3) is 0.211. The highest BCUT2D eigenvalue weighted by atomic mass is 32.1. The van der Waals surface area contributed by atoms with Gasteiger partial charge in [0.15, 0.2) is 0 Å². The molecule has 4 rings (SSSR count). The summed E-state index contributed by atoms with van der Waals surface area (Å²) in [6, 6.07) is 7.26. The molecule has 1 aromatic carbocycles. The summed E-state index contributed by atoms with van der Waals surface area (Å²) < 4.78 is 13.3. The van der Waals surface area contributed by atoms with Crippen LogP contribution < -0.4 is 5.32 Å². The number of nitrogens with zero attached hydrogens (tertiary/aromatic N) is 2. The largest absolute Gasteiger partial charge is 0.333 e. The van der Waals surface area contributed by atoms with Crippen LogP contribution in [0.15, 0.2) is 36.5 Å². The first-order valence-corrected chi connectivity index (χ1v) is 9.30. The highest BCUT2D eigenvalue weighted by molar-refractivity contribution is 7.18. The summed E-state index contributed by atoms with van der Waals surface area (Å²) >= 11 is 1.23. The van der Waals surface area contributed by atoms with E-state index in [1.165, 1.54) is 29.5 Å². The molecule has 0 saturated heterocycles. The quantitative estimate of drug-likeness (QED) is 0.727. The van der Waals surface area contributed by atoms with E-state index >= 15 is 0 Å². The number of rotatable bonds is 3. The number of carbonyl (C=O) groups is 2. The van der Waals surface area contributed by atoms with Crippen molar-refractivity contribution in [1.82, 2.24) is 15.1 Å². The fourth-order valence-electron chi connectivity index (χ4n) is 3.11. The number of hydrogen-bond acceptors (Lipinski definition) is 4. The van der Waals surface area contributed by atoms with Crippen molar-refractivity contribution >= 4 is 28.2 Å². The third-order valence-electron chi connectivity index (χ3n) is 4.52. The Labute approximate surface area is 159 Å². The van der Waals surface area contributed by atoms with E-state index in [0.717, 1.165) is 23.2 Å². The Balaban J connectivity index is 1.50. The van der Waals surface area contributed by atoms with E-state index < -0.39 is 11.7 Å². The van der Waals surface area contributed by atoms with E-state index in [-0.39, 0.29) is 11.5 Å². The number of fused-ring (bicyclic) bond motifs is 1. The minimum atomic E-state index is -0.468. The van der Waals surface area contributed by atoms with Crippen molar-refractivity contribution < 1.29 is 14.0 Å². The average molecular weight is 384 g/mol. The smallest absolute Gasteiger partial charge is 0.264 e. The predicted octanol–water partition coefficient (Wildman–Crippen LogP) is 3.37. The molecule has 1 aliphatic heterocycles. The molecule has 8 heteroatoms. The molecule has 0 saturated carbocycles. The molecule has 2 amide bonds. The molecule has 138 valence electrons. The van der Waals surface area contributed by atoms with E-state index in [1.807, 2.05) is 6.92 Å². The second-order valence-corrected chi connectivity index (χ2v) is 7.49. The highest BCUT2D eigenvalue weighted by Crippen LogP contribution is 2.29. The molecular formula is C19H17FN4O2S. The summed E-state index contributed by atoms with van der Waals surface area (Å²) in [4.78, 5) is 27.6. The van der Waals surface area contributed by atoms with Crippen molar-refractivity contribution in [3.8, 4) is 0 Å². The van der Waals surface area contributed by atoms with Crippen LogP contribution in [-0.4, -0.2) is 33.5 Å². The maximum atomic E-state index is 13.3. The molecule has 0 bridgehead atoms. The summed E-state index contributed by atoms with van der Waals surface area (Å²) in [5.74, 6) is -0.934. The first-order valence-electron chi connectivity index (χ1n) is 8.49. The van der Waals surface area contributed by atoms with Crippen LogP contribution in [0, 0.1) is 12.7 Å². The van der Waals surface area contributed by atoms with Gasteiger partial charge in [-0.25, -0.2) is 4.39 Å². The summed E-state index contributed by atoms with van der Waals surface area (Å²) in [7, 11) is 0. The van der Waals surface area contributed by atoms with Crippen LogP contribution >= 0.6 is 11.3 Å². The fourth-order valence-corrected chi connectivity index (χ4v) is 4.14. The minimum Gasteiger partial charge on any atom is -0.333 e. The lowest BCUT2D eigenvalue weighted by Crippen LogP contribution is -2.35. The zero-order chi connectivity index (χ0) is 19.0. The number of anilines is 1. The summed E-state index contributed by atoms with van der Waals surface area (Å²) in [5.41, 5.74) is 3.14. The second-order valence-electron chi connectivity index (χ2n) is 6.44. The van der Waals surface area contributed by atoms with Gasteiger partial charge in [-0.1, -0.05) is 6.07 Å². The third kappa shape index (κ3) is 3.48. The number of nitrogens with one attached hydrogen (secondary N) is 2. The van der Waals surface area contributed by atoms with Gasteiger partial charge < -0.3 is 10.2 Å². The standard InChI is InChI=1S/C19H17FN4O2S/c1-11-7-16(22-18(25)12-3-2-4-14(20)8-12)27-17(11)19(26)24-6-5-15-13(10-24)9-21-23-15/h2-4,7-9H,5-6,10H2,1H3,(H,21,23)(H,22,25). The Morgan fingerprint density at radius 1 is 1.33 bits per heavy atom. The van der Waals surface area contributed by atoms with Crippen LogP contribution in [0.3, 0.4) is 0 Å². The molecule has 3 heterocycles.